The van der Waals surface area contributed by atoms with Crippen LogP contribution in [0.25, 0.3) is 0 Å². The number of nitrogens with zero attached hydrogens (tertiary/aromatic N) is 1. The van der Waals surface area contributed by atoms with Crippen molar-refractivity contribution in [3.05, 3.63) is 29.0 Å². The van der Waals surface area contributed by atoms with Gasteiger partial charge in [0.15, 0.2) is 0 Å². The SMILES string of the molecule is COCCCOC1CCN(S(=O)(=O)c2c(F)cccc2Cl)CC1. The molecular weight excluding hydrogens is 345 g/mol. The van der Waals surface area contributed by atoms with Crippen LogP contribution < -0.4 is 0 Å². The molecule has 1 saturated heterocycles. The Labute approximate surface area is 141 Å². The Hall–Kier alpha value is -0.730. The molecule has 0 unspecified atom stereocenters. The summed E-state index contributed by atoms with van der Waals surface area (Å²) in [5.41, 5.74) is 0. The van der Waals surface area contributed by atoms with Crippen molar-refractivity contribution in [1.29, 1.82) is 0 Å². The zero-order valence-corrected chi connectivity index (χ0v) is 14.6. The molecule has 0 N–H and O–H groups in total. The fraction of sp³-hybridized carbons (Fsp3) is 0.600. The Balaban J connectivity index is 1.96. The van der Waals surface area contributed by atoms with Gasteiger partial charge in [0, 0.05) is 33.4 Å². The van der Waals surface area contributed by atoms with E-state index in [0.717, 1.165) is 12.5 Å². The maximum atomic E-state index is 13.9. The molecule has 0 aromatic heterocycles. The summed E-state index contributed by atoms with van der Waals surface area (Å²) in [5, 5.41) is -0.0945. The van der Waals surface area contributed by atoms with E-state index in [1.165, 1.54) is 16.4 Å². The molecule has 1 aliphatic heterocycles. The maximum absolute atomic E-state index is 13.9. The number of rotatable bonds is 7. The van der Waals surface area contributed by atoms with Crippen LogP contribution in [0.3, 0.4) is 0 Å². The van der Waals surface area contributed by atoms with Gasteiger partial charge in [0.05, 0.1) is 11.1 Å². The number of sulfonamides is 1. The first-order valence-corrected chi connectivity index (χ1v) is 9.33. The number of benzene rings is 1. The lowest BCUT2D eigenvalue weighted by Crippen LogP contribution is -2.41. The number of methoxy groups -OCH3 is 1. The normalized spacial score (nSPS) is 17.5. The highest BCUT2D eigenvalue weighted by Crippen LogP contribution is 2.29. The summed E-state index contributed by atoms with van der Waals surface area (Å²) in [6, 6.07) is 3.87. The molecule has 0 atom stereocenters. The summed E-state index contributed by atoms with van der Waals surface area (Å²) >= 11 is 5.88. The molecule has 1 fully saturated rings. The fourth-order valence-electron chi connectivity index (χ4n) is 2.55. The predicted octanol–water partition coefficient (Wildman–Crippen LogP) is 2.69. The van der Waals surface area contributed by atoms with Crippen LogP contribution in [0.15, 0.2) is 23.1 Å². The van der Waals surface area contributed by atoms with Crippen molar-refractivity contribution in [2.24, 2.45) is 0 Å². The molecule has 1 aromatic carbocycles. The average molecular weight is 366 g/mol. The predicted molar refractivity (Wildman–Crippen MR) is 85.6 cm³/mol. The van der Waals surface area contributed by atoms with E-state index in [0.29, 0.717) is 39.1 Å². The van der Waals surface area contributed by atoms with Gasteiger partial charge in [-0.15, -0.1) is 0 Å². The van der Waals surface area contributed by atoms with Gasteiger partial charge < -0.3 is 9.47 Å². The minimum absolute atomic E-state index is 0.0226. The molecule has 0 radical (unpaired) electrons. The van der Waals surface area contributed by atoms with E-state index < -0.39 is 20.7 Å². The van der Waals surface area contributed by atoms with Crippen molar-refractivity contribution >= 4 is 21.6 Å². The molecule has 2 rings (SSSR count). The molecular formula is C15H21ClFNO4S. The molecule has 0 saturated carbocycles. The van der Waals surface area contributed by atoms with E-state index in [4.69, 9.17) is 21.1 Å². The van der Waals surface area contributed by atoms with Gasteiger partial charge in [-0.05, 0) is 31.4 Å². The molecule has 1 aliphatic rings. The number of hydrogen-bond acceptors (Lipinski definition) is 4. The first-order chi connectivity index (χ1) is 11.0. The Bertz CT molecular complexity index is 598. The van der Waals surface area contributed by atoms with Crippen molar-refractivity contribution in [2.75, 3.05) is 33.4 Å². The summed E-state index contributed by atoms with van der Waals surface area (Å²) in [5.74, 6) is -0.824. The van der Waals surface area contributed by atoms with Crippen molar-refractivity contribution in [3.8, 4) is 0 Å². The molecule has 130 valence electrons. The van der Waals surface area contributed by atoms with Crippen LogP contribution in [0.4, 0.5) is 4.39 Å². The van der Waals surface area contributed by atoms with Crippen molar-refractivity contribution in [1.82, 2.24) is 4.31 Å². The molecule has 0 amide bonds. The monoisotopic (exact) mass is 365 g/mol. The number of piperidine rings is 1. The topological polar surface area (TPSA) is 55.8 Å². The lowest BCUT2D eigenvalue weighted by Gasteiger charge is -2.31. The van der Waals surface area contributed by atoms with E-state index in [9.17, 15) is 12.8 Å². The minimum Gasteiger partial charge on any atom is -0.385 e. The fourth-order valence-corrected chi connectivity index (χ4v) is 4.58. The Morgan fingerprint density at radius 2 is 2.00 bits per heavy atom. The maximum Gasteiger partial charge on any atom is 0.247 e. The van der Waals surface area contributed by atoms with Crippen LogP contribution in [0.2, 0.25) is 5.02 Å². The third-order valence-electron chi connectivity index (χ3n) is 3.76. The summed E-state index contributed by atoms with van der Waals surface area (Å²) < 4.78 is 51.0. The quantitative estimate of drug-likeness (QED) is 0.697. The number of ether oxygens (including phenoxy) is 2. The van der Waals surface area contributed by atoms with Gasteiger partial charge >= 0.3 is 0 Å². The lowest BCUT2D eigenvalue weighted by molar-refractivity contribution is 0.0120. The largest absolute Gasteiger partial charge is 0.385 e. The number of hydrogen-bond donors (Lipinski definition) is 0. The summed E-state index contributed by atoms with van der Waals surface area (Å²) in [4.78, 5) is -0.443. The van der Waals surface area contributed by atoms with E-state index >= 15 is 0 Å². The zero-order valence-electron chi connectivity index (χ0n) is 13.0. The molecule has 0 aliphatic carbocycles. The highest BCUT2D eigenvalue weighted by molar-refractivity contribution is 7.89. The van der Waals surface area contributed by atoms with E-state index in [-0.39, 0.29) is 11.1 Å². The first kappa shape index (κ1) is 18.6. The Morgan fingerprint density at radius 3 is 2.61 bits per heavy atom. The highest BCUT2D eigenvalue weighted by Gasteiger charge is 2.33. The van der Waals surface area contributed by atoms with Crippen molar-refractivity contribution < 1.29 is 22.3 Å². The second-order valence-corrected chi connectivity index (χ2v) is 7.65. The third-order valence-corrected chi connectivity index (χ3v) is 6.17. The first-order valence-electron chi connectivity index (χ1n) is 7.51. The van der Waals surface area contributed by atoms with Gasteiger partial charge in [0.25, 0.3) is 0 Å². The minimum atomic E-state index is -3.93. The van der Waals surface area contributed by atoms with Crippen LogP contribution >= 0.6 is 11.6 Å². The van der Waals surface area contributed by atoms with Gasteiger partial charge in [-0.25, -0.2) is 12.8 Å². The van der Waals surface area contributed by atoms with Gasteiger partial charge in [0.2, 0.25) is 10.0 Å². The molecule has 23 heavy (non-hydrogen) atoms. The summed E-state index contributed by atoms with van der Waals surface area (Å²) in [6.45, 7) is 1.81. The van der Waals surface area contributed by atoms with E-state index in [2.05, 4.69) is 0 Å². The molecule has 5 nitrogen and oxygen atoms in total. The second kappa shape index (κ2) is 8.39. The smallest absolute Gasteiger partial charge is 0.247 e. The average Bonchev–Trinajstić information content (AvgIpc) is 2.52. The molecule has 1 heterocycles. The molecule has 1 aromatic rings. The van der Waals surface area contributed by atoms with E-state index in [1.54, 1.807) is 7.11 Å². The lowest BCUT2D eigenvalue weighted by atomic mass is 10.1. The second-order valence-electron chi connectivity index (χ2n) is 5.37. The van der Waals surface area contributed by atoms with Crippen LogP contribution in [0.1, 0.15) is 19.3 Å². The van der Waals surface area contributed by atoms with Crippen molar-refractivity contribution in [3.63, 3.8) is 0 Å². The van der Waals surface area contributed by atoms with Crippen LogP contribution in [-0.4, -0.2) is 52.2 Å². The van der Waals surface area contributed by atoms with Crippen molar-refractivity contribution in [2.45, 2.75) is 30.3 Å². The van der Waals surface area contributed by atoms with Gasteiger partial charge in [0.1, 0.15) is 10.7 Å². The molecule has 0 bridgehead atoms. The van der Waals surface area contributed by atoms with Gasteiger partial charge in [-0.3, -0.25) is 0 Å². The Kier molecular flexibility index (Phi) is 6.79. The van der Waals surface area contributed by atoms with Gasteiger partial charge in [-0.1, -0.05) is 17.7 Å². The van der Waals surface area contributed by atoms with E-state index in [1.807, 2.05) is 0 Å². The number of halogens is 2. The van der Waals surface area contributed by atoms with Crippen LogP contribution in [0, 0.1) is 5.82 Å². The zero-order chi connectivity index (χ0) is 16.9. The summed E-state index contributed by atoms with van der Waals surface area (Å²) in [7, 11) is -2.29. The van der Waals surface area contributed by atoms with Crippen LogP contribution in [-0.2, 0) is 19.5 Å². The van der Waals surface area contributed by atoms with Gasteiger partial charge in [-0.2, -0.15) is 4.31 Å². The third kappa shape index (κ3) is 4.64. The highest BCUT2D eigenvalue weighted by atomic mass is 35.5. The molecule has 8 heteroatoms. The standard InChI is InChI=1S/C15H21ClFNO4S/c1-21-10-3-11-22-12-6-8-18(9-7-12)23(19,20)15-13(16)4-2-5-14(15)17/h2,4-5,12H,3,6-11H2,1H3. The molecule has 0 spiro atoms. The summed E-state index contributed by atoms with van der Waals surface area (Å²) in [6.07, 6.45) is 1.99. The van der Waals surface area contributed by atoms with Crippen LogP contribution in [0.5, 0.6) is 0 Å². The Morgan fingerprint density at radius 1 is 1.30 bits per heavy atom.